The molecule has 2 amide bonds. The maximum Gasteiger partial charge on any atom is 0.317 e. The number of nitrogens with zero attached hydrogens (tertiary/aromatic N) is 1. The summed E-state index contributed by atoms with van der Waals surface area (Å²) < 4.78 is 0. The summed E-state index contributed by atoms with van der Waals surface area (Å²) in [6, 6.07) is 8.09. The SMILES string of the molecule is Cc1cccc(CCCNC(=O)N(C)C[C@@H](O)CO)c1. The Balaban J connectivity index is 2.22. The van der Waals surface area contributed by atoms with Crippen molar-refractivity contribution in [2.24, 2.45) is 0 Å². The highest BCUT2D eigenvalue weighted by molar-refractivity contribution is 5.73. The van der Waals surface area contributed by atoms with Gasteiger partial charge in [0.15, 0.2) is 0 Å². The number of amides is 2. The lowest BCUT2D eigenvalue weighted by Crippen LogP contribution is -2.42. The van der Waals surface area contributed by atoms with E-state index >= 15 is 0 Å². The Morgan fingerprint density at radius 2 is 2.20 bits per heavy atom. The molecule has 112 valence electrons. The zero-order valence-electron chi connectivity index (χ0n) is 12.2. The van der Waals surface area contributed by atoms with Crippen molar-refractivity contribution in [3.8, 4) is 0 Å². The van der Waals surface area contributed by atoms with Gasteiger partial charge in [0.25, 0.3) is 0 Å². The first-order valence-corrected chi connectivity index (χ1v) is 6.86. The Morgan fingerprint density at radius 3 is 2.85 bits per heavy atom. The average molecular weight is 280 g/mol. The lowest BCUT2D eigenvalue weighted by molar-refractivity contribution is 0.0733. The van der Waals surface area contributed by atoms with Crippen molar-refractivity contribution in [3.63, 3.8) is 0 Å². The summed E-state index contributed by atoms with van der Waals surface area (Å²) in [4.78, 5) is 13.1. The van der Waals surface area contributed by atoms with Crippen LogP contribution in [0.2, 0.25) is 0 Å². The molecule has 0 saturated heterocycles. The van der Waals surface area contributed by atoms with E-state index in [1.54, 1.807) is 7.05 Å². The van der Waals surface area contributed by atoms with Gasteiger partial charge in [-0.2, -0.15) is 0 Å². The molecule has 0 spiro atoms. The van der Waals surface area contributed by atoms with Crippen molar-refractivity contribution in [2.45, 2.75) is 25.9 Å². The van der Waals surface area contributed by atoms with Crippen molar-refractivity contribution in [3.05, 3.63) is 35.4 Å². The molecule has 1 aromatic rings. The molecular weight excluding hydrogens is 256 g/mol. The van der Waals surface area contributed by atoms with E-state index in [-0.39, 0.29) is 19.2 Å². The first-order valence-electron chi connectivity index (χ1n) is 6.86. The van der Waals surface area contributed by atoms with Crippen molar-refractivity contribution in [1.82, 2.24) is 10.2 Å². The van der Waals surface area contributed by atoms with Crippen LogP contribution in [0.3, 0.4) is 0 Å². The van der Waals surface area contributed by atoms with Crippen LogP contribution >= 0.6 is 0 Å². The number of benzene rings is 1. The van der Waals surface area contributed by atoms with Gasteiger partial charge in [0.1, 0.15) is 0 Å². The number of carbonyl (C=O) groups excluding carboxylic acids is 1. The quantitative estimate of drug-likeness (QED) is 0.650. The van der Waals surface area contributed by atoms with Crippen molar-refractivity contribution < 1.29 is 15.0 Å². The van der Waals surface area contributed by atoms with Gasteiger partial charge >= 0.3 is 6.03 Å². The Kier molecular flexibility index (Phi) is 7.04. The van der Waals surface area contributed by atoms with E-state index in [1.165, 1.54) is 16.0 Å². The van der Waals surface area contributed by atoms with E-state index in [0.717, 1.165) is 12.8 Å². The Labute approximate surface area is 120 Å². The number of rotatable bonds is 7. The van der Waals surface area contributed by atoms with Crippen molar-refractivity contribution >= 4 is 6.03 Å². The molecule has 20 heavy (non-hydrogen) atoms. The molecule has 1 atom stereocenters. The van der Waals surface area contributed by atoms with Gasteiger partial charge in [-0.1, -0.05) is 29.8 Å². The first-order chi connectivity index (χ1) is 9.52. The highest BCUT2D eigenvalue weighted by Gasteiger charge is 2.11. The van der Waals surface area contributed by atoms with Crippen LogP contribution in [0.1, 0.15) is 17.5 Å². The van der Waals surface area contributed by atoms with Gasteiger partial charge in [-0.25, -0.2) is 4.79 Å². The average Bonchev–Trinajstić information content (AvgIpc) is 2.43. The number of aliphatic hydroxyl groups excluding tert-OH is 2. The van der Waals surface area contributed by atoms with Crippen LogP contribution in [0.5, 0.6) is 0 Å². The third-order valence-corrected chi connectivity index (χ3v) is 3.04. The van der Waals surface area contributed by atoms with E-state index in [1.807, 2.05) is 6.07 Å². The largest absolute Gasteiger partial charge is 0.394 e. The van der Waals surface area contributed by atoms with E-state index in [0.29, 0.717) is 6.54 Å². The Morgan fingerprint density at radius 1 is 1.45 bits per heavy atom. The molecule has 0 aliphatic carbocycles. The minimum absolute atomic E-state index is 0.125. The minimum atomic E-state index is -0.891. The molecule has 0 aliphatic heterocycles. The molecule has 0 unspecified atom stereocenters. The third-order valence-electron chi connectivity index (χ3n) is 3.04. The number of carbonyl (C=O) groups is 1. The second-order valence-electron chi connectivity index (χ2n) is 5.04. The first kappa shape index (κ1) is 16.5. The predicted molar refractivity (Wildman–Crippen MR) is 78.6 cm³/mol. The van der Waals surface area contributed by atoms with Gasteiger partial charge in [-0.05, 0) is 25.3 Å². The summed E-state index contributed by atoms with van der Waals surface area (Å²) in [5, 5.41) is 20.8. The normalized spacial score (nSPS) is 12.0. The predicted octanol–water partition coefficient (Wildman–Crippen LogP) is 0.922. The van der Waals surface area contributed by atoms with Gasteiger partial charge < -0.3 is 20.4 Å². The Bertz CT molecular complexity index is 423. The molecule has 0 radical (unpaired) electrons. The van der Waals surface area contributed by atoms with E-state index in [2.05, 4.69) is 30.4 Å². The van der Waals surface area contributed by atoms with Crippen molar-refractivity contribution in [2.75, 3.05) is 26.7 Å². The van der Waals surface area contributed by atoms with Crippen LogP contribution < -0.4 is 5.32 Å². The highest BCUT2D eigenvalue weighted by atomic mass is 16.3. The van der Waals surface area contributed by atoms with E-state index < -0.39 is 6.10 Å². The zero-order chi connectivity index (χ0) is 15.0. The van der Waals surface area contributed by atoms with Gasteiger partial charge in [-0.15, -0.1) is 0 Å². The highest BCUT2D eigenvalue weighted by Crippen LogP contribution is 2.06. The summed E-state index contributed by atoms with van der Waals surface area (Å²) in [5.41, 5.74) is 2.51. The smallest absolute Gasteiger partial charge is 0.317 e. The van der Waals surface area contributed by atoms with Gasteiger partial charge in [-0.3, -0.25) is 0 Å². The maximum atomic E-state index is 11.7. The molecule has 5 nitrogen and oxygen atoms in total. The number of aliphatic hydroxyl groups is 2. The fraction of sp³-hybridized carbons (Fsp3) is 0.533. The fourth-order valence-corrected chi connectivity index (χ4v) is 1.95. The number of hydrogen-bond acceptors (Lipinski definition) is 3. The van der Waals surface area contributed by atoms with Crippen LogP contribution in [-0.2, 0) is 6.42 Å². The lowest BCUT2D eigenvalue weighted by Gasteiger charge is -2.20. The number of aryl methyl sites for hydroxylation is 2. The second kappa shape index (κ2) is 8.55. The Hall–Kier alpha value is -1.59. The summed E-state index contributed by atoms with van der Waals surface area (Å²) in [6.07, 6.45) is 0.898. The van der Waals surface area contributed by atoms with Gasteiger partial charge in [0.05, 0.1) is 19.3 Å². The molecule has 3 N–H and O–H groups in total. The number of likely N-dealkylation sites (N-methyl/N-ethyl adjacent to an activating group) is 1. The minimum Gasteiger partial charge on any atom is -0.394 e. The monoisotopic (exact) mass is 280 g/mol. The van der Waals surface area contributed by atoms with Gasteiger partial charge in [0, 0.05) is 13.6 Å². The fourth-order valence-electron chi connectivity index (χ4n) is 1.95. The summed E-state index contributed by atoms with van der Waals surface area (Å²) in [7, 11) is 1.59. The summed E-state index contributed by atoms with van der Waals surface area (Å²) >= 11 is 0. The summed E-state index contributed by atoms with van der Waals surface area (Å²) in [5.74, 6) is 0. The second-order valence-corrected chi connectivity index (χ2v) is 5.04. The third kappa shape index (κ3) is 6.04. The zero-order valence-corrected chi connectivity index (χ0v) is 12.2. The topological polar surface area (TPSA) is 72.8 Å². The van der Waals surface area contributed by atoms with Crippen LogP contribution in [-0.4, -0.2) is 54.0 Å². The number of hydrogen-bond donors (Lipinski definition) is 3. The molecule has 0 fully saturated rings. The van der Waals surface area contributed by atoms with E-state index in [9.17, 15) is 9.90 Å². The van der Waals surface area contributed by atoms with Crippen LogP contribution in [0, 0.1) is 6.92 Å². The molecule has 0 saturated carbocycles. The number of nitrogens with one attached hydrogen (secondary N) is 1. The molecule has 0 bridgehead atoms. The van der Waals surface area contributed by atoms with Crippen molar-refractivity contribution in [1.29, 1.82) is 0 Å². The molecule has 1 aromatic carbocycles. The van der Waals surface area contributed by atoms with Crippen LogP contribution in [0.15, 0.2) is 24.3 Å². The standard InChI is InChI=1S/C15H24N2O3/c1-12-5-3-6-13(9-12)7-4-8-16-15(20)17(2)10-14(19)11-18/h3,5-6,9,14,18-19H,4,7-8,10-11H2,1-2H3,(H,16,20)/t14-/m1/s1. The molecular formula is C15H24N2O3. The van der Waals surface area contributed by atoms with Crippen LogP contribution in [0.25, 0.3) is 0 Å². The molecule has 0 aliphatic rings. The molecule has 5 heteroatoms. The van der Waals surface area contributed by atoms with Crippen LogP contribution in [0.4, 0.5) is 4.79 Å². The van der Waals surface area contributed by atoms with E-state index in [4.69, 9.17) is 5.11 Å². The number of urea groups is 1. The maximum absolute atomic E-state index is 11.7. The molecule has 0 heterocycles. The molecule has 0 aromatic heterocycles. The summed E-state index contributed by atoms with van der Waals surface area (Å²) in [6.45, 7) is 2.43. The lowest BCUT2D eigenvalue weighted by atomic mass is 10.1. The molecule has 1 rings (SSSR count). The van der Waals surface area contributed by atoms with Gasteiger partial charge in [0.2, 0.25) is 0 Å².